The van der Waals surface area contributed by atoms with E-state index in [0.29, 0.717) is 6.20 Å². The van der Waals surface area contributed by atoms with Crippen LogP contribution < -0.4 is 4.74 Å². The first-order valence-electron chi connectivity index (χ1n) is 4.03. The molecule has 0 saturated heterocycles. The van der Waals surface area contributed by atoms with Crippen LogP contribution in [0.25, 0.3) is 0 Å². The lowest BCUT2D eigenvalue weighted by Crippen LogP contribution is -2.19. The Bertz CT molecular complexity index is 412. The van der Waals surface area contributed by atoms with Crippen molar-refractivity contribution in [3.63, 3.8) is 0 Å². The van der Waals surface area contributed by atoms with E-state index < -0.39 is 24.1 Å². The summed E-state index contributed by atoms with van der Waals surface area (Å²) in [5.41, 5.74) is -0.675. The van der Waals surface area contributed by atoms with Crippen molar-refractivity contribution in [3.8, 4) is 5.75 Å². The Hall–Kier alpha value is -0.190. The molecule has 0 aliphatic heterocycles. The highest BCUT2D eigenvalue weighted by atomic mass is 127. The molecule has 0 aliphatic carbocycles. The first kappa shape index (κ1) is 14.9. The molecule has 0 N–H and O–H groups in total. The number of hydrogen-bond acceptors (Lipinski definition) is 2. The van der Waals surface area contributed by atoms with Crippen LogP contribution in [0.1, 0.15) is 17.7 Å². The Morgan fingerprint density at radius 2 is 2.00 bits per heavy atom. The van der Waals surface area contributed by atoms with Crippen molar-refractivity contribution in [1.29, 1.82) is 0 Å². The van der Waals surface area contributed by atoms with Crippen LogP contribution >= 0.6 is 38.5 Å². The summed E-state index contributed by atoms with van der Waals surface area (Å²) in [7, 11) is 0. The molecular formula is C8H4BrF5INO. The molecule has 0 aromatic carbocycles. The van der Waals surface area contributed by atoms with Crippen LogP contribution in [-0.4, -0.2) is 11.3 Å². The summed E-state index contributed by atoms with van der Waals surface area (Å²) in [6, 6.07) is 0. The van der Waals surface area contributed by atoms with Crippen molar-refractivity contribution >= 4 is 38.5 Å². The number of halogens is 7. The van der Waals surface area contributed by atoms with Crippen LogP contribution in [0, 0.1) is 3.57 Å². The lowest BCUT2D eigenvalue weighted by atomic mass is 10.2. The lowest BCUT2D eigenvalue weighted by molar-refractivity contribution is -0.275. The van der Waals surface area contributed by atoms with Crippen LogP contribution in [-0.2, 0) is 5.33 Å². The number of aromatic nitrogens is 1. The van der Waals surface area contributed by atoms with E-state index in [0.717, 1.165) is 0 Å². The van der Waals surface area contributed by atoms with E-state index in [9.17, 15) is 22.0 Å². The van der Waals surface area contributed by atoms with Crippen LogP contribution in [0.3, 0.4) is 0 Å². The largest absolute Gasteiger partial charge is 0.573 e. The maximum atomic E-state index is 12.5. The molecule has 1 rings (SSSR count). The molecule has 1 aromatic heterocycles. The monoisotopic (exact) mass is 431 g/mol. The van der Waals surface area contributed by atoms with Gasteiger partial charge in [-0.2, -0.15) is 0 Å². The van der Waals surface area contributed by atoms with Crippen molar-refractivity contribution in [2.75, 3.05) is 0 Å². The minimum atomic E-state index is -5.02. The van der Waals surface area contributed by atoms with E-state index in [1.54, 1.807) is 0 Å². The van der Waals surface area contributed by atoms with Gasteiger partial charge in [0.1, 0.15) is 0 Å². The highest BCUT2D eigenvalue weighted by Crippen LogP contribution is 2.37. The summed E-state index contributed by atoms with van der Waals surface area (Å²) in [5, 5.41) is 0.142. The second-order valence-corrected chi connectivity index (χ2v) is 4.42. The summed E-state index contributed by atoms with van der Waals surface area (Å²) in [4.78, 5) is 3.63. The number of nitrogens with zero attached hydrogens (tertiary/aromatic N) is 1. The van der Waals surface area contributed by atoms with Gasteiger partial charge >= 0.3 is 6.36 Å². The molecule has 17 heavy (non-hydrogen) atoms. The summed E-state index contributed by atoms with van der Waals surface area (Å²) in [6.45, 7) is 0. The molecule has 0 spiro atoms. The maximum Gasteiger partial charge on any atom is 0.573 e. The fourth-order valence-electron chi connectivity index (χ4n) is 0.989. The van der Waals surface area contributed by atoms with E-state index in [1.807, 2.05) is 0 Å². The number of alkyl halides is 6. The first-order valence-corrected chi connectivity index (χ1v) is 6.23. The summed E-state index contributed by atoms with van der Waals surface area (Å²) in [6.07, 6.45) is -7.42. The van der Waals surface area contributed by atoms with Crippen molar-refractivity contribution < 1.29 is 26.7 Å². The van der Waals surface area contributed by atoms with Crippen LogP contribution in [0.15, 0.2) is 6.20 Å². The molecule has 1 aromatic rings. The van der Waals surface area contributed by atoms with Gasteiger partial charge in [-0.1, -0.05) is 15.9 Å². The average molecular weight is 432 g/mol. The maximum absolute atomic E-state index is 12.5. The smallest absolute Gasteiger partial charge is 0.404 e. The predicted octanol–water partition coefficient (Wildman–Crippen LogP) is 4.42. The second kappa shape index (κ2) is 5.63. The van der Waals surface area contributed by atoms with Crippen LogP contribution in [0.2, 0.25) is 0 Å². The molecule has 0 radical (unpaired) electrons. The van der Waals surface area contributed by atoms with E-state index >= 15 is 0 Å². The van der Waals surface area contributed by atoms with Gasteiger partial charge in [0, 0.05) is 11.5 Å². The van der Waals surface area contributed by atoms with E-state index in [-0.39, 0.29) is 14.6 Å². The number of rotatable bonds is 3. The zero-order chi connectivity index (χ0) is 13.2. The minimum Gasteiger partial charge on any atom is -0.404 e. The van der Waals surface area contributed by atoms with Gasteiger partial charge in [-0.25, -0.2) is 8.78 Å². The highest BCUT2D eigenvalue weighted by Gasteiger charge is 2.35. The van der Waals surface area contributed by atoms with E-state index in [4.69, 9.17) is 0 Å². The van der Waals surface area contributed by atoms with Gasteiger partial charge < -0.3 is 4.74 Å². The zero-order valence-corrected chi connectivity index (χ0v) is 11.6. The quantitative estimate of drug-likeness (QED) is 0.401. The van der Waals surface area contributed by atoms with E-state index in [1.165, 1.54) is 22.6 Å². The van der Waals surface area contributed by atoms with Crippen molar-refractivity contribution in [1.82, 2.24) is 4.98 Å². The fraction of sp³-hybridized carbons (Fsp3) is 0.375. The Balaban J connectivity index is 3.30. The second-order valence-electron chi connectivity index (χ2n) is 2.79. The van der Waals surface area contributed by atoms with Crippen LogP contribution in [0.5, 0.6) is 5.75 Å². The molecule has 0 amide bonds. The molecule has 0 unspecified atom stereocenters. The van der Waals surface area contributed by atoms with Gasteiger partial charge in [0.05, 0.1) is 14.8 Å². The molecular weight excluding hydrogens is 428 g/mol. The Labute approximate surface area is 115 Å². The topological polar surface area (TPSA) is 22.1 Å². The number of hydrogen-bond donors (Lipinski definition) is 0. The molecule has 1 heterocycles. The molecule has 0 bridgehead atoms. The highest BCUT2D eigenvalue weighted by molar-refractivity contribution is 14.1. The SMILES string of the molecule is FC(F)c1cnc(CBr)c(I)c1OC(F)(F)F. The zero-order valence-electron chi connectivity index (χ0n) is 7.86. The first-order chi connectivity index (χ1) is 7.76. The lowest BCUT2D eigenvalue weighted by Gasteiger charge is -2.15. The van der Waals surface area contributed by atoms with Gasteiger partial charge in [0.25, 0.3) is 6.43 Å². The van der Waals surface area contributed by atoms with Crippen LogP contribution in [0.4, 0.5) is 22.0 Å². The molecule has 9 heteroatoms. The Kier molecular flexibility index (Phi) is 4.93. The minimum absolute atomic E-state index is 0.0883. The van der Waals surface area contributed by atoms with Gasteiger partial charge in [-0.15, -0.1) is 13.2 Å². The third kappa shape index (κ3) is 3.90. The summed E-state index contributed by atoms with van der Waals surface area (Å²) < 4.78 is 64.9. The third-order valence-corrected chi connectivity index (χ3v) is 3.30. The molecule has 0 atom stereocenters. The normalized spacial score (nSPS) is 12.0. The third-order valence-electron chi connectivity index (χ3n) is 1.65. The fourth-order valence-corrected chi connectivity index (χ4v) is 2.69. The average Bonchev–Trinajstić information content (AvgIpc) is 2.18. The Morgan fingerprint density at radius 3 is 2.41 bits per heavy atom. The number of ether oxygens (including phenoxy) is 1. The van der Waals surface area contributed by atoms with Crippen molar-refractivity contribution in [3.05, 3.63) is 21.0 Å². The Morgan fingerprint density at radius 1 is 1.41 bits per heavy atom. The van der Waals surface area contributed by atoms with Gasteiger partial charge in [-0.05, 0) is 22.6 Å². The van der Waals surface area contributed by atoms with Crippen molar-refractivity contribution in [2.24, 2.45) is 0 Å². The molecule has 2 nitrogen and oxygen atoms in total. The summed E-state index contributed by atoms with van der Waals surface area (Å²) in [5.74, 6) is -0.891. The van der Waals surface area contributed by atoms with Gasteiger partial charge in [0.2, 0.25) is 0 Å². The molecule has 0 fully saturated rings. The standard InChI is InChI=1S/C8H4BrF5INO/c9-1-4-5(15)6(17-8(12,13)14)3(2-16-4)7(10)11/h2,7H,1H2. The molecule has 0 aliphatic rings. The summed E-state index contributed by atoms with van der Waals surface area (Å²) >= 11 is 4.48. The van der Waals surface area contributed by atoms with Gasteiger partial charge in [0.15, 0.2) is 5.75 Å². The molecule has 96 valence electrons. The van der Waals surface area contributed by atoms with Gasteiger partial charge in [-0.3, -0.25) is 4.98 Å². The molecule has 0 saturated carbocycles. The predicted molar refractivity (Wildman–Crippen MR) is 61.2 cm³/mol. The van der Waals surface area contributed by atoms with Crippen molar-refractivity contribution in [2.45, 2.75) is 18.1 Å². The van der Waals surface area contributed by atoms with E-state index in [2.05, 4.69) is 25.7 Å². The number of pyridine rings is 1.